The Hall–Kier alpha value is 1.49. The van der Waals surface area contributed by atoms with Gasteiger partial charge in [0, 0.05) is 50.5 Å². The number of aliphatic hydroxyl groups excluding tert-OH is 1. The van der Waals surface area contributed by atoms with E-state index in [1.165, 1.54) is 25.7 Å². The van der Waals surface area contributed by atoms with Gasteiger partial charge < -0.3 is 10.4 Å². The Labute approximate surface area is 228 Å². The lowest BCUT2D eigenvalue weighted by molar-refractivity contribution is -0.119. The molecule has 0 radical (unpaired) electrons. The van der Waals surface area contributed by atoms with Gasteiger partial charge in [-0.15, -0.1) is 0 Å². The summed E-state index contributed by atoms with van der Waals surface area (Å²) in [5.74, 6) is 2.74. The van der Waals surface area contributed by atoms with Gasteiger partial charge in [-0.05, 0) is 62.2 Å². The van der Waals surface area contributed by atoms with E-state index in [1.807, 2.05) is 0 Å². The third-order valence-electron chi connectivity index (χ3n) is 9.05. The lowest BCUT2D eigenvalue weighted by Gasteiger charge is -2.48. The Morgan fingerprint density at radius 3 is 2.21 bits per heavy atom. The molecule has 6 aliphatic rings. The molecule has 10 heteroatoms. The highest BCUT2D eigenvalue weighted by atomic mass is 33.1. The smallest absolute Gasteiger partial charge is 0.217 e. The number of unbranched alkanes of at least 4 members (excludes halogenated alkanes) is 2. The van der Waals surface area contributed by atoms with E-state index in [1.54, 1.807) is 6.92 Å². The molecular formula is C24H38N2O2S6. The first kappa shape index (κ1) is 25.8. The minimum absolute atomic E-state index is 0.111. The van der Waals surface area contributed by atoms with E-state index in [2.05, 4.69) is 82.3 Å². The second-order valence-electron chi connectivity index (χ2n) is 11.1. The minimum Gasteiger partial charge on any atom is -0.379 e. The van der Waals surface area contributed by atoms with Crippen LogP contribution >= 0.6 is 64.8 Å². The second-order valence-corrected chi connectivity index (χ2v) is 19.2. The molecule has 0 aromatic heterocycles. The fourth-order valence-electron chi connectivity index (χ4n) is 7.74. The first-order chi connectivity index (χ1) is 16.5. The second kappa shape index (κ2) is 10.9. The Bertz CT molecular complexity index is 763. The number of carbonyl (C=O) groups is 1. The maximum absolute atomic E-state index is 12.1. The lowest BCUT2D eigenvalue weighted by atomic mass is 9.76. The maximum Gasteiger partial charge on any atom is 0.217 e. The van der Waals surface area contributed by atoms with Crippen molar-refractivity contribution in [2.24, 2.45) is 23.7 Å². The molecule has 6 bridgehead atoms. The molecule has 34 heavy (non-hydrogen) atoms. The predicted molar refractivity (Wildman–Crippen MR) is 155 cm³/mol. The van der Waals surface area contributed by atoms with E-state index in [0.29, 0.717) is 34.3 Å². The Kier molecular flexibility index (Phi) is 8.28. The van der Waals surface area contributed by atoms with Gasteiger partial charge in [0.15, 0.2) is 0 Å². The molecule has 6 fully saturated rings. The zero-order valence-corrected chi connectivity index (χ0v) is 24.9. The van der Waals surface area contributed by atoms with Crippen LogP contribution in [0.1, 0.15) is 65.2 Å². The van der Waals surface area contributed by atoms with Crippen molar-refractivity contribution in [3.63, 3.8) is 0 Å². The number of fused-ring (bicyclic) bond motifs is 2. The number of hydrogen-bond donors (Lipinski definition) is 3. The lowest BCUT2D eigenvalue weighted by Crippen LogP contribution is -2.53. The highest BCUT2D eigenvalue weighted by Gasteiger charge is 2.66. The van der Waals surface area contributed by atoms with Crippen LogP contribution in [0.2, 0.25) is 0 Å². The molecule has 0 aromatic rings. The van der Waals surface area contributed by atoms with E-state index in [-0.39, 0.29) is 11.9 Å². The van der Waals surface area contributed by atoms with Gasteiger partial charge in [-0.25, -0.2) is 0 Å². The van der Waals surface area contributed by atoms with E-state index in [4.69, 9.17) is 0 Å². The van der Waals surface area contributed by atoms with Crippen molar-refractivity contribution in [2.75, 3.05) is 0 Å². The van der Waals surface area contributed by atoms with Gasteiger partial charge in [0.1, 0.15) is 6.23 Å². The molecular weight excluding hydrogens is 541 g/mol. The molecule has 192 valence electrons. The Balaban J connectivity index is 1.37. The molecule has 13 atom stereocenters. The fraction of sp³-hybridized carbons (Fsp3) is 0.958. The SMILES string of the molecule is CCCCCC(O)NC1C2CC(NC(C)=O)CC3SSC4C5CCC6SSC6C1C4C2C3SS5. The largest absolute Gasteiger partial charge is 0.379 e. The molecule has 4 nitrogen and oxygen atoms in total. The molecule has 13 unspecified atom stereocenters. The van der Waals surface area contributed by atoms with Gasteiger partial charge >= 0.3 is 0 Å². The molecule has 0 spiro atoms. The summed E-state index contributed by atoms with van der Waals surface area (Å²) in [6.45, 7) is 3.91. The highest BCUT2D eigenvalue weighted by molar-refractivity contribution is 8.80. The van der Waals surface area contributed by atoms with Crippen LogP contribution in [-0.2, 0) is 4.79 Å². The maximum atomic E-state index is 12.1. The number of carbonyl (C=O) groups excluding carboxylic acids is 1. The van der Waals surface area contributed by atoms with Crippen LogP contribution in [0.4, 0.5) is 0 Å². The number of hydrogen-bond acceptors (Lipinski definition) is 9. The summed E-state index contributed by atoms with van der Waals surface area (Å²) < 4.78 is 0. The van der Waals surface area contributed by atoms with Gasteiger partial charge in [0.2, 0.25) is 5.91 Å². The van der Waals surface area contributed by atoms with Gasteiger partial charge in [0.05, 0.1) is 0 Å². The summed E-state index contributed by atoms with van der Waals surface area (Å²) in [6.07, 6.45) is 8.83. The first-order valence-electron chi connectivity index (χ1n) is 13.2. The van der Waals surface area contributed by atoms with Crippen LogP contribution in [0, 0.1) is 23.7 Å². The van der Waals surface area contributed by atoms with Gasteiger partial charge in [0.25, 0.3) is 0 Å². The number of rotatable bonds is 7. The number of nitrogens with one attached hydrogen (secondary N) is 2. The third-order valence-corrected chi connectivity index (χ3v) is 20.0. The van der Waals surface area contributed by atoms with Crippen LogP contribution in [0.25, 0.3) is 0 Å². The van der Waals surface area contributed by atoms with Gasteiger partial charge in [-0.2, -0.15) is 0 Å². The van der Waals surface area contributed by atoms with Gasteiger partial charge in [-0.3, -0.25) is 10.1 Å². The average Bonchev–Trinajstić information content (AvgIpc) is 2.92. The van der Waals surface area contributed by atoms with Crippen molar-refractivity contribution in [3.05, 3.63) is 0 Å². The van der Waals surface area contributed by atoms with Crippen LogP contribution < -0.4 is 10.6 Å². The zero-order chi connectivity index (χ0) is 23.4. The fourth-order valence-corrected chi connectivity index (χ4v) is 20.1. The first-order valence-corrected chi connectivity index (χ1v) is 20.1. The third kappa shape index (κ3) is 4.73. The Morgan fingerprint density at radius 2 is 1.53 bits per heavy atom. The van der Waals surface area contributed by atoms with Crippen molar-refractivity contribution in [2.45, 2.75) is 115 Å². The summed E-state index contributed by atoms with van der Waals surface area (Å²) in [6, 6.07) is 0.634. The standard InChI is InChI=1S/C24H38N2O2S6/c1-3-4-5-6-17(28)26-21-13-9-12(25-11(2)27)10-16-24-18(13)19-20(21)23-15(30-33-23)8-7-14(29-34-24)22(19)32-31-16/h12-24,26,28H,3-10H2,1-2H3,(H,25,27). The minimum atomic E-state index is -0.404. The topological polar surface area (TPSA) is 61.4 Å². The van der Waals surface area contributed by atoms with Crippen LogP contribution in [-0.4, -0.2) is 60.8 Å². The zero-order valence-electron chi connectivity index (χ0n) is 20.0. The van der Waals surface area contributed by atoms with E-state index in [0.717, 1.165) is 52.6 Å². The van der Waals surface area contributed by atoms with Crippen molar-refractivity contribution in [1.82, 2.24) is 10.6 Å². The summed E-state index contributed by atoms with van der Waals surface area (Å²) in [5, 5.41) is 22.6. The molecule has 1 amide bonds. The van der Waals surface area contributed by atoms with E-state index in [9.17, 15) is 9.90 Å². The normalized spacial score (nSPS) is 49.6. The molecule has 3 aliphatic heterocycles. The molecule has 3 heterocycles. The average molecular weight is 579 g/mol. The molecule has 3 saturated heterocycles. The predicted octanol–water partition coefficient (Wildman–Crippen LogP) is 5.81. The van der Waals surface area contributed by atoms with Crippen molar-refractivity contribution < 1.29 is 9.90 Å². The molecule has 6 rings (SSSR count). The highest BCUT2D eigenvalue weighted by Crippen LogP contribution is 2.71. The van der Waals surface area contributed by atoms with Crippen molar-refractivity contribution >= 4 is 70.7 Å². The molecule has 3 aliphatic carbocycles. The Morgan fingerprint density at radius 1 is 0.882 bits per heavy atom. The summed E-state index contributed by atoms with van der Waals surface area (Å²) in [5.41, 5.74) is 0. The van der Waals surface area contributed by atoms with Crippen LogP contribution in [0.15, 0.2) is 0 Å². The summed E-state index contributed by atoms with van der Waals surface area (Å²) >= 11 is 0. The summed E-state index contributed by atoms with van der Waals surface area (Å²) in [4.78, 5) is 12.1. The monoisotopic (exact) mass is 578 g/mol. The van der Waals surface area contributed by atoms with Crippen LogP contribution in [0.3, 0.4) is 0 Å². The van der Waals surface area contributed by atoms with E-state index >= 15 is 0 Å². The van der Waals surface area contributed by atoms with E-state index < -0.39 is 6.23 Å². The molecule has 3 saturated carbocycles. The van der Waals surface area contributed by atoms with Crippen molar-refractivity contribution in [3.8, 4) is 0 Å². The van der Waals surface area contributed by atoms with Gasteiger partial charge in [-0.1, -0.05) is 84.5 Å². The number of amides is 1. The van der Waals surface area contributed by atoms with Crippen molar-refractivity contribution in [1.29, 1.82) is 0 Å². The quantitative estimate of drug-likeness (QED) is 0.197. The summed E-state index contributed by atoms with van der Waals surface area (Å²) in [7, 11) is 13.1. The molecule has 3 N–H and O–H groups in total. The van der Waals surface area contributed by atoms with Crippen LogP contribution in [0.5, 0.6) is 0 Å². The molecule has 0 aromatic carbocycles. The number of aliphatic hydroxyl groups is 1.